The third kappa shape index (κ3) is 7.25. The first kappa shape index (κ1) is 29.9. The molecule has 224 valence electrons. The molecule has 10 nitrogen and oxygen atoms in total. The molecule has 11 heteroatoms. The standard InChI is InChI=1S/C30H44N6O4S/c1-22-28(32-21-33-29(22)31-20-26-10-7-11-27(40-26)23-8-5-4-6-9-23)30(37)36-18-14-25(15-19-36)35-16-12-24(13-17-35)34(2)41(3,38)39/h4-6,8-9,21,24-27H,7,10-20H2,1-3H3,(H,31,32,33)/t26?,27-/m1/s1. The van der Waals surface area contributed by atoms with E-state index in [9.17, 15) is 13.2 Å². The molecular formula is C30H44N6O4S. The highest BCUT2D eigenvalue weighted by Gasteiger charge is 2.33. The number of nitrogens with one attached hydrogen (secondary N) is 1. The van der Waals surface area contributed by atoms with Crippen LogP contribution in [0.4, 0.5) is 5.82 Å². The Morgan fingerprint density at radius 3 is 2.41 bits per heavy atom. The van der Waals surface area contributed by atoms with Crippen LogP contribution in [0, 0.1) is 6.92 Å². The van der Waals surface area contributed by atoms with Crippen molar-refractivity contribution >= 4 is 21.7 Å². The number of rotatable bonds is 8. The zero-order valence-electron chi connectivity index (χ0n) is 24.5. The molecule has 3 aliphatic rings. The first-order valence-electron chi connectivity index (χ1n) is 14.9. The van der Waals surface area contributed by atoms with E-state index in [1.54, 1.807) is 7.05 Å². The Bertz CT molecular complexity index is 1280. The lowest BCUT2D eigenvalue weighted by Crippen LogP contribution is -2.52. The fourth-order valence-electron chi connectivity index (χ4n) is 6.49. The summed E-state index contributed by atoms with van der Waals surface area (Å²) in [5, 5.41) is 3.43. The zero-order valence-corrected chi connectivity index (χ0v) is 25.4. The van der Waals surface area contributed by atoms with Crippen molar-refractivity contribution in [1.29, 1.82) is 0 Å². The van der Waals surface area contributed by atoms with Gasteiger partial charge in [-0.25, -0.2) is 22.7 Å². The van der Waals surface area contributed by atoms with Gasteiger partial charge in [0, 0.05) is 44.3 Å². The minimum absolute atomic E-state index is 0.0436. The average Bonchev–Trinajstić information content (AvgIpc) is 3.00. The maximum atomic E-state index is 13.5. The Morgan fingerprint density at radius 1 is 1.02 bits per heavy atom. The first-order chi connectivity index (χ1) is 19.7. The van der Waals surface area contributed by atoms with Crippen LogP contribution >= 0.6 is 0 Å². The van der Waals surface area contributed by atoms with Crippen LogP contribution in [0.25, 0.3) is 0 Å². The van der Waals surface area contributed by atoms with Crippen LogP contribution in [0.1, 0.15) is 72.7 Å². The zero-order chi connectivity index (χ0) is 29.0. The van der Waals surface area contributed by atoms with Gasteiger partial charge in [0.1, 0.15) is 17.8 Å². The van der Waals surface area contributed by atoms with Gasteiger partial charge in [-0.15, -0.1) is 0 Å². The van der Waals surface area contributed by atoms with E-state index in [2.05, 4.69) is 44.5 Å². The minimum Gasteiger partial charge on any atom is -0.368 e. The number of hydrogen-bond donors (Lipinski definition) is 1. The van der Waals surface area contributed by atoms with E-state index in [0.29, 0.717) is 37.2 Å². The Morgan fingerprint density at radius 2 is 1.73 bits per heavy atom. The van der Waals surface area contributed by atoms with Crippen LogP contribution < -0.4 is 5.32 Å². The number of nitrogens with zero attached hydrogens (tertiary/aromatic N) is 5. The number of likely N-dealkylation sites (tertiary alicyclic amines) is 2. The lowest BCUT2D eigenvalue weighted by atomic mass is 9.97. The molecule has 0 aliphatic carbocycles. The van der Waals surface area contributed by atoms with E-state index < -0.39 is 10.0 Å². The molecule has 1 N–H and O–H groups in total. The molecule has 3 saturated heterocycles. The Balaban J connectivity index is 1.11. The van der Waals surface area contributed by atoms with Crippen molar-refractivity contribution in [2.45, 2.75) is 76.2 Å². The minimum atomic E-state index is -3.17. The molecule has 1 unspecified atom stereocenters. The van der Waals surface area contributed by atoms with E-state index in [-0.39, 0.29) is 24.2 Å². The highest BCUT2D eigenvalue weighted by Crippen LogP contribution is 2.31. The number of sulfonamides is 1. The number of hydrogen-bond acceptors (Lipinski definition) is 8. The number of ether oxygens (including phenoxy) is 1. The van der Waals surface area contributed by atoms with Gasteiger partial charge in [-0.05, 0) is 70.5 Å². The largest absolute Gasteiger partial charge is 0.368 e. The van der Waals surface area contributed by atoms with Crippen molar-refractivity contribution < 1.29 is 17.9 Å². The van der Waals surface area contributed by atoms with Crippen LogP contribution in [0.15, 0.2) is 36.7 Å². The quantitative estimate of drug-likeness (QED) is 0.503. The van der Waals surface area contributed by atoms with Gasteiger partial charge in [0.05, 0.1) is 18.5 Å². The third-order valence-electron chi connectivity index (χ3n) is 9.11. The SMILES string of the molecule is Cc1c(NCC2CCC[C@H](c3ccccc3)O2)ncnc1C(=O)N1CCC(N2CCC(N(C)S(C)(=O)=O)CC2)CC1. The normalized spacial score (nSPS) is 23.6. The lowest BCUT2D eigenvalue weighted by molar-refractivity contribution is -0.0442. The smallest absolute Gasteiger partial charge is 0.272 e. The summed E-state index contributed by atoms with van der Waals surface area (Å²) in [4.78, 5) is 26.7. The lowest BCUT2D eigenvalue weighted by Gasteiger charge is -2.43. The number of anilines is 1. The van der Waals surface area contributed by atoms with Crippen molar-refractivity contribution in [3.63, 3.8) is 0 Å². The molecule has 3 aliphatic heterocycles. The topological polar surface area (TPSA) is 108 Å². The van der Waals surface area contributed by atoms with Crippen molar-refractivity contribution in [1.82, 2.24) is 24.1 Å². The summed E-state index contributed by atoms with van der Waals surface area (Å²) in [6.07, 6.45) is 9.60. The van der Waals surface area contributed by atoms with Crippen molar-refractivity contribution in [3.05, 3.63) is 53.5 Å². The van der Waals surface area contributed by atoms with Crippen LogP contribution in [-0.4, -0.2) is 103 Å². The van der Waals surface area contributed by atoms with Gasteiger partial charge < -0.3 is 19.9 Å². The van der Waals surface area contributed by atoms with Gasteiger partial charge in [-0.1, -0.05) is 30.3 Å². The molecule has 1 aromatic heterocycles. The van der Waals surface area contributed by atoms with Gasteiger partial charge in [-0.2, -0.15) is 0 Å². The molecule has 0 bridgehead atoms. The van der Waals surface area contributed by atoms with Gasteiger partial charge >= 0.3 is 0 Å². The maximum Gasteiger partial charge on any atom is 0.272 e. The molecule has 41 heavy (non-hydrogen) atoms. The second-order valence-corrected chi connectivity index (χ2v) is 13.8. The fraction of sp³-hybridized carbons (Fsp3) is 0.633. The van der Waals surface area contributed by atoms with Crippen molar-refractivity contribution in [2.75, 3.05) is 51.3 Å². The van der Waals surface area contributed by atoms with Gasteiger partial charge in [0.2, 0.25) is 10.0 Å². The van der Waals surface area contributed by atoms with Gasteiger partial charge in [0.15, 0.2) is 0 Å². The monoisotopic (exact) mass is 584 g/mol. The molecule has 0 spiro atoms. The van der Waals surface area contributed by atoms with Crippen molar-refractivity contribution in [2.24, 2.45) is 0 Å². The van der Waals surface area contributed by atoms with E-state index in [1.807, 2.05) is 17.9 Å². The summed E-state index contributed by atoms with van der Waals surface area (Å²) >= 11 is 0. The summed E-state index contributed by atoms with van der Waals surface area (Å²) < 4.78 is 31.7. The van der Waals surface area contributed by atoms with Gasteiger partial charge in [-0.3, -0.25) is 4.79 Å². The summed E-state index contributed by atoms with van der Waals surface area (Å²) in [6.45, 7) is 5.71. The average molecular weight is 585 g/mol. The molecular weight excluding hydrogens is 540 g/mol. The molecule has 4 heterocycles. The van der Waals surface area contributed by atoms with E-state index >= 15 is 0 Å². The molecule has 5 rings (SSSR count). The number of amides is 1. The maximum absolute atomic E-state index is 13.5. The van der Waals surface area contributed by atoms with E-state index in [1.165, 1.54) is 22.5 Å². The Kier molecular flexibility index (Phi) is 9.58. The first-order valence-corrected chi connectivity index (χ1v) is 16.8. The van der Waals surface area contributed by atoms with E-state index in [4.69, 9.17) is 4.74 Å². The van der Waals surface area contributed by atoms with Gasteiger partial charge in [0.25, 0.3) is 5.91 Å². The molecule has 2 aromatic rings. The fourth-order valence-corrected chi connectivity index (χ4v) is 7.24. The second kappa shape index (κ2) is 13.1. The van der Waals surface area contributed by atoms with Crippen LogP contribution in [0.2, 0.25) is 0 Å². The van der Waals surface area contributed by atoms with E-state index in [0.717, 1.165) is 63.6 Å². The third-order valence-corrected chi connectivity index (χ3v) is 10.5. The Labute approximate surface area is 244 Å². The summed E-state index contributed by atoms with van der Waals surface area (Å²) in [5.41, 5.74) is 2.44. The Hall–Kier alpha value is -2.60. The van der Waals surface area contributed by atoms with Crippen LogP contribution in [0.5, 0.6) is 0 Å². The summed E-state index contributed by atoms with van der Waals surface area (Å²) in [6, 6.07) is 10.9. The molecule has 0 radical (unpaired) electrons. The summed E-state index contributed by atoms with van der Waals surface area (Å²) in [7, 11) is -1.49. The molecule has 1 amide bonds. The predicted molar refractivity (Wildman–Crippen MR) is 159 cm³/mol. The van der Waals surface area contributed by atoms with Crippen molar-refractivity contribution in [3.8, 4) is 0 Å². The number of aromatic nitrogens is 2. The molecule has 1 aromatic carbocycles. The number of carbonyl (C=O) groups excluding carboxylic acids is 1. The molecule has 3 fully saturated rings. The predicted octanol–water partition coefficient (Wildman–Crippen LogP) is 3.47. The number of piperidine rings is 2. The molecule has 0 saturated carbocycles. The number of carbonyl (C=O) groups is 1. The van der Waals surface area contributed by atoms with Crippen LogP contribution in [0.3, 0.4) is 0 Å². The highest BCUT2D eigenvalue weighted by molar-refractivity contribution is 7.88. The van der Waals surface area contributed by atoms with Crippen LogP contribution in [-0.2, 0) is 14.8 Å². The molecule has 2 atom stereocenters. The summed E-state index contributed by atoms with van der Waals surface area (Å²) in [5.74, 6) is 0.642. The second-order valence-electron chi connectivity index (χ2n) is 11.7. The highest BCUT2D eigenvalue weighted by atomic mass is 32.2. The number of benzene rings is 1.